The van der Waals surface area contributed by atoms with Crippen molar-refractivity contribution in [2.45, 2.75) is 39.7 Å². The molecule has 5 rings (SSSR count). The van der Waals surface area contributed by atoms with Crippen molar-refractivity contribution >= 4 is 45.2 Å². The van der Waals surface area contributed by atoms with E-state index in [9.17, 15) is 9.59 Å². The summed E-state index contributed by atoms with van der Waals surface area (Å²) in [6, 6.07) is 19.9. The van der Waals surface area contributed by atoms with Crippen molar-refractivity contribution < 1.29 is 4.74 Å². The Kier molecular flexibility index (Phi) is 7.90. The van der Waals surface area contributed by atoms with Crippen LogP contribution in [-0.4, -0.2) is 26.5 Å². The lowest BCUT2D eigenvalue weighted by atomic mass is 9.83. The van der Waals surface area contributed by atoms with Crippen LogP contribution in [0.15, 0.2) is 70.3 Å². The first-order valence-electron chi connectivity index (χ1n) is 12.5. The van der Waals surface area contributed by atoms with Crippen molar-refractivity contribution in [1.82, 2.24) is 20.4 Å². The third kappa shape index (κ3) is 5.51. The van der Waals surface area contributed by atoms with Crippen LogP contribution in [0.25, 0.3) is 22.5 Å². The molecule has 0 unspecified atom stereocenters. The Morgan fingerprint density at radius 3 is 1.46 bits per heavy atom. The maximum atomic E-state index is 13.5. The Bertz CT molecular complexity index is 1620. The van der Waals surface area contributed by atoms with Crippen LogP contribution < -0.4 is 15.9 Å². The molecule has 0 spiro atoms. The van der Waals surface area contributed by atoms with E-state index in [0.29, 0.717) is 22.5 Å². The molecule has 0 aliphatic rings. The first kappa shape index (κ1) is 27.5. The predicted molar refractivity (Wildman–Crippen MR) is 172 cm³/mol. The first-order chi connectivity index (χ1) is 18.6. The van der Waals surface area contributed by atoms with Crippen LogP contribution in [0.5, 0.6) is 5.75 Å². The zero-order valence-corrected chi connectivity index (χ0v) is 26.2. The molecule has 7 nitrogen and oxygen atoms in total. The van der Waals surface area contributed by atoms with Crippen LogP contribution in [0.2, 0.25) is 0 Å². The number of H-pyrrole nitrogens is 4. The fourth-order valence-electron chi connectivity index (χ4n) is 4.75. The topological polar surface area (TPSA) is 107 Å². The molecule has 200 valence electrons. The summed E-state index contributed by atoms with van der Waals surface area (Å²) < 4.78 is 7.89. The molecule has 0 saturated heterocycles. The second-order valence-corrected chi connectivity index (χ2v) is 12.2. The van der Waals surface area contributed by atoms with Gasteiger partial charge in [-0.15, -0.1) is 0 Å². The van der Waals surface area contributed by atoms with Gasteiger partial charge in [0, 0.05) is 5.92 Å². The number of aryl methyl sites for hydroxylation is 2. The van der Waals surface area contributed by atoms with Gasteiger partial charge in [0.05, 0.1) is 35.8 Å². The van der Waals surface area contributed by atoms with Gasteiger partial charge in [0.1, 0.15) is 5.75 Å². The van der Waals surface area contributed by atoms with Gasteiger partial charge in [0.25, 0.3) is 11.1 Å². The van der Waals surface area contributed by atoms with Crippen LogP contribution >= 0.6 is 45.2 Å². The minimum atomic E-state index is -0.669. The normalized spacial score (nSPS) is 11.5. The van der Waals surface area contributed by atoms with Crippen LogP contribution in [0.1, 0.15) is 47.6 Å². The van der Waals surface area contributed by atoms with Gasteiger partial charge in [-0.2, -0.15) is 0 Å². The Labute approximate surface area is 253 Å². The van der Waals surface area contributed by atoms with Crippen LogP contribution in [0.4, 0.5) is 0 Å². The number of aromatic amines is 4. The fraction of sp³-hybridized carbons (Fsp3) is 0.200. The minimum Gasteiger partial charge on any atom is -0.489 e. The maximum Gasteiger partial charge on any atom is 0.268 e. The summed E-state index contributed by atoms with van der Waals surface area (Å²) in [5.74, 6) is 0.120. The smallest absolute Gasteiger partial charge is 0.268 e. The van der Waals surface area contributed by atoms with E-state index < -0.39 is 5.92 Å². The molecule has 5 aromatic rings. The van der Waals surface area contributed by atoms with E-state index in [1.165, 1.54) is 0 Å². The first-order valence-corrected chi connectivity index (χ1v) is 14.7. The van der Waals surface area contributed by atoms with Crippen molar-refractivity contribution in [3.05, 3.63) is 116 Å². The van der Waals surface area contributed by atoms with Gasteiger partial charge >= 0.3 is 0 Å². The lowest BCUT2D eigenvalue weighted by Gasteiger charge is -2.21. The number of ether oxygens (including phenoxy) is 1. The molecule has 0 amide bonds. The monoisotopic (exact) mass is 746 g/mol. The number of nitrogens with one attached hydrogen (secondary N) is 4. The summed E-state index contributed by atoms with van der Waals surface area (Å²) in [5, 5.41) is 11.7. The zero-order chi connectivity index (χ0) is 27.8. The third-order valence-electron chi connectivity index (χ3n) is 6.60. The maximum absolute atomic E-state index is 13.5. The third-order valence-corrected chi connectivity index (χ3v) is 8.20. The second-order valence-electron chi connectivity index (χ2n) is 9.88. The summed E-state index contributed by atoms with van der Waals surface area (Å²) in [6.07, 6.45) is 0.00925. The lowest BCUT2D eigenvalue weighted by molar-refractivity contribution is 0.238. The zero-order valence-electron chi connectivity index (χ0n) is 21.9. The highest BCUT2D eigenvalue weighted by Gasteiger charge is 2.32. The molecule has 0 saturated carbocycles. The number of aromatic nitrogens is 4. The molecule has 0 atom stereocenters. The van der Waals surface area contributed by atoms with Crippen LogP contribution in [0, 0.1) is 21.0 Å². The Hall–Kier alpha value is -3.06. The van der Waals surface area contributed by atoms with Gasteiger partial charge in [-0.3, -0.25) is 30.0 Å². The number of benzene rings is 3. The number of hydrogen-bond donors (Lipinski definition) is 4. The Morgan fingerprint density at radius 1 is 0.667 bits per heavy atom. The highest BCUT2D eigenvalue weighted by atomic mass is 127. The molecule has 4 N–H and O–H groups in total. The highest BCUT2D eigenvalue weighted by molar-refractivity contribution is 14.1. The average molecular weight is 746 g/mol. The fourth-order valence-corrected chi connectivity index (χ4v) is 6.82. The lowest BCUT2D eigenvalue weighted by Crippen LogP contribution is -2.20. The van der Waals surface area contributed by atoms with Crippen molar-refractivity contribution in [2.24, 2.45) is 0 Å². The molecular formula is C30H28I2N4O3. The predicted octanol–water partition coefficient (Wildman–Crippen LogP) is 6.85. The van der Waals surface area contributed by atoms with Crippen molar-refractivity contribution in [3.63, 3.8) is 0 Å². The number of halogens is 2. The van der Waals surface area contributed by atoms with Crippen molar-refractivity contribution in [3.8, 4) is 28.3 Å². The van der Waals surface area contributed by atoms with Crippen LogP contribution in [0.3, 0.4) is 0 Å². The molecular weight excluding hydrogens is 718 g/mol. The Balaban J connectivity index is 1.81. The molecule has 0 radical (unpaired) electrons. The summed E-state index contributed by atoms with van der Waals surface area (Å²) in [4.78, 5) is 27.1. The quantitative estimate of drug-likeness (QED) is 0.137. The standard InChI is InChI=1S/C30H28I2N4O3/c1-15(2)39-28-21(31)13-20(14-22(28)32)23(24-26(33-35-29(24)37)18-9-5-16(3)6-10-18)25-27(34-36-30(25)38)19-11-7-17(4)8-12-19/h5-15,23H,1-4H3,(H2,33,35,37)(H2,34,36,38). The van der Waals surface area contributed by atoms with E-state index >= 15 is 0 Å². The van der Waals surface area contributed by atoms with E-state index in [0.717, 1.165) is 40.7 Å². The van der Waals surface area contributed by atoms with Gasteiger partial charge in [-0.1, -0.05) is 59.7 Å². The number of hydrogen-bond acceptors (Lipinski definition) is 3. The largest absolute Gasteiger partial charge is 0.489 e. The van der Waals surface area contributed by atoms with Gasteiger partial charge in [-0.25, -0.2) is 0 Å². The van der Waals surface area contributed by atoms with Crippen LogP contribution in [-0.2, 0) is 0 Å². The molecule has 0 aliphatic heterocycles. The van der Waals surface area contributed by atoms with E-state index in [-0.39, 0.29) is 17.2 Å². The van der Waals surface area contributed by atoms with Gasteiger partial charge in [0.2, 0.25) is 0 Å². The Morgan fingerprint density at radius 2 is 1.08 bits per heavy atom. The van der Waals surface area contributed by atoms with E-state index in [4.69, 9.17) is 4.74 Å². The summed E-state index contributed by atoms with van der Waals surface area (Å²) in [7, 11) is 0. The molecule has 9 heteroatoms. The molecule has 3 aromatic carbocycles. The summed E-state index contributed by atoms with van der Waals surface area (Å²) >= 11 is 4.52. The van der Waals surface area contributed by atoms with Gasteiger partial charge < -0.3 is 4.74 Å². The summed E-state index contributed by atoms with van der Waals surface area (Å²) in [6.45, 7) is 8.02. The SMILES string of the molecule is Cc1ccc(-c2[nH][nH]c(=O)c2C(c2cc(I)c(OC(C)C)c(I)c2)c2c(-c3ccc(C)cc3)[nH][nH]c2=O)cc1. The van der Waals surface area contributed by atoms with E-state index in [1.807, 2.05) is 88.4 Å². The average Bonchev–Trinajstić information content (AvgIpc) is 3.46. The minimum absolute atomic E-state index is 0.00925. The van der Waals surface area contributed by atoms with Crippen molar-refractivity contribution in [1.29, 1.82) is 0 Å². The van der Waals surface area contributed by atoms with Gasteiger partial charge in [0.15, 0.2) is 0 Å². The van der Waals surface area contributed by atoms with E-state index in [2.05, 4.69) is 65.6 Å². The molecule has 0 fully saturated rings. The van der Waals surface area contributed by atoms with Crippen molar-refractivity contribution in [2.75, 3.05) is 0 Å². The second kappa shape index (κ2) is 11.2. The number of rotatable bonds is 7. The molecule has 2 heterocycles. The summed E-state index contributed by atoms with van der Waals surface area (Å²) in [5.41, 5.74) is 6.43. The van der Waals surface area contributed by atoms with E-state index in [1.54, 1.807) is 0 Å². The highest BCUT2D eigenvalue weighted by Crippen LogP contribution is 2.41. The molecule has 2 aromatic heterocycles. The molecule has 0 aliphatic carbocycles. The molecule has 39 heavy (non-hydrogen) atoms. The molecule has 0 bridgehead atoms. The van der Waals surface area contributed by atoms with Gasteiger partial charge in [-0.05, 0) is 102 Å².